The number of methoxy groups -OCH3 is 1. The quantitative estimate of drug-likeness (QED) is 0.441. The van der Waals surface area contributed by atoms with Crippen molar-refractivity contribution >= 4 is 5.97 Å². The second-order valence-corrected chi connectivity index (χ2v) is 3.36. The number of ether oxygens (including phenoxy) is 1. The first-order valence-corrected chi connectivity index (χ1v) is 4.94. The lowest BCUT2D eigenvalue weighted by molar-refractivity contribution is -0.597. The molecule has 86 valence electrons. The maximum absolute atomic E-state index is 11.5. The molecule has 0 aliphatic carbocycles. The minimum Gasteiger partial charge on any atom is -0.710 e. The summed E-state index contributed by atoms with van der Waals surface area (Å²) in [6.45, 7) is 0. The zero-order valence-electron chi connectivity index (χ0n) is 9.16. The van der Waals surface area contributed by atoms with Crippen molar-refractivity contribution in [3.05, 3.63) is 53.6 Å². The molecule has 1 heterocycles. The highest BCUT2D eigenvalue weighted by atomic mass is 16.5. The van der Waals surface area contributed by atoms with Crippen LogP contribution in [0.25, 0.3) is 11.3 Å². The van der Waals surface area contributed by atoms with Gasteiger partial charge < -0.3 is 9.94 Å². The summed E-state index contributed by atoms with van der Waals surface area (Å²) in [5, 5.41) is 11.5. The van der Waals surface area contributed by atoms with Gasteiger partial charge in [-0.25, -0.2) is 9.52 Å². The summed E-state index contributed by atoms with van der Waals surface area (Å²) >= 11 is 0. The third-order valence-corrected chi connectivity index (χ3v) is 2.33. The summed E-state index contributed by atoms with van der Waals surface area (Å²) in [5.74, 6) is -0.402. The Hall–Kier alpha value is -2.43. The molecule has 0 spiro atoms. The van der Waals surface area contributed by atoms with E-state index in [-0.39, 0.29) is 0 Å². The van der Waals surface area contributed by atoms with Crippen molar-refractivity contribution in [2.45, 2.75) is 0 Å². The van der Waals surface area contributed by atoms with E-state index in [2.05, 4.69) is 9.72 Å². The maximum Gasteiger partial charge on any atom is 0.337 e. The van der Waals surface area contributed by atoms with Gasteiger partial charge in [0.15, 0.2) is 0 Å². The predicted octanol–water partition coefficient (Wildman–Crippen LogP) is 1.17. The fourth-order valence-electron chi connectivity index (χ4n) is 1.47. The Kier molecular flexibility index (Phi) is 3.00. The maximum atomic E-state index is 11.5. The van der Waals surface area contributed by atoms with Crippen molar-refractivity contribution in [1.82, 2.24) is 4.98 Å². The number of hydrogen-bond donors (Lipinski definition) is 0. The third kappa shape index (κ3) is 2.23. The van der Waals surface area contributed by atoms with Crippen LogP contribution in [-0.2, 0) is 4.74 Å². The Morgan fingerprint density at radius 1 is 1.29 bits per heavy atom. The van der Waals surface area contributed by atoms with E-state index in [4.69, 9.17) is 0 Å². The number of nitrogens with zero attached hydrogens (tertiary/aromatic N) is 2. The number of rotatable bonds is 2. The Balaban J connectivity index is 2.36. The van der Waals surface area contributed by atoms with E-state index in [1.165, 1.54) is 19.6 Å². The highest BCUT2D eigenvalue weighted by Crippen LogP contribution is 2.15. The van der Waals surface area contributed by atoms with Gasteiger partial charge in [0, 0.05) is 11.6 Å². The number of hydrogen-bond acceptors (Lipinski definition) is 4. The molecule has 5 nitrogen and oxygen atoms in total. The first-order chi connectivity index (χ1) is 8.22. The van der Waals surface area contributed by atoms with Gasteiger partial charge in [0.05, 0.1) is 12.7 Å². The second-order valence-electron chi connectivity index (χ2n) is 3.36. The Morgan fingerprint density at radius 3 is 2.59 bits per heavy atom. The first kappa shape index (κ1) is 11.1. The monoisotopic (exact) mass is 230 g/mol. The summed E-state index contributed by atoms with van der Waals surface area (Å²) in [7, 11) is 1.32. The van der Waals surface area contributed by atoms with Crippen LogP contribution in [-0.4, -0.2) is 18.1 Å². The van der Waals surface area contributed by atoms with E-state index in [0.717, 1.165) is 5.56 Å². The molecule has 5 heteroatoms. The van der Waals surface area contributed by atoms with Crippen LogP contribution < -0.4 is 4.73 Å². The summed E-state index contributed by atoms with van der Waals surface area (Å²) < 4.78 is 5.26. The van der Waals surface area contributed by atoms with E-state index < -0.39 is 5.97 Å². The normalized spacial score (nSPS) is 9.94. The Morgan fingerprint density at radius 2 is 2.00 bits per heavy atom. The van der Waals surface area contributed by atoms with Crippen LogP contribution in [0, 0.1) is 5.21 Å². The lowest BCUT2D eigenvalue weighted by atomic mass is 10.1. The SMILES string of the molecule is COC(=O)c1ccc(-c2ccnc[n+]2[O-])cc1. The molecule has 0 N–H and O–H groups in total. The summed E-state index contributed by atoms with van der Waals surface area (Å²) in [6.07, 6.45) is 2.72. The van der Waals surface area contributed by atoms with Crippen LogP contribution in [0.1, 0.15) is 10.4 Å². The number of esters is 1. The zero-order chi connectivity index (χ0) is 12.3. The van der Waals surface area contributed by atoms with Crippen molar-refractivity contribution in [1.29, 1.82) is 0 Å². The van der Waals surface area contributed by atoms with Gasteiger partial charge in [0.1, 0.15) is 11.9 Å². The van der Waals surface area contributed by atoms with E-state index in [0.29, 0.717) is 16.0 Å². The fourth-order valence-corrected chi connectivity index (χ4v) is 1.47. The average Bonchev–Trinajstić information content (AvgIpc) is 2.39. The molecule has 2 rings (SSSR count). The molecule has 0 bridgehead atoms. The van der Waals surface area contributed by atoms with Gasteiger partial charge in [-0.3, -0.25) is 0 Å². The first-order valence-electron chi connectivity index (χ1n) is 4.94. The van der Waals surface area contributed by atoms with Gasteiger partial charge in [-0.15, -0.1) is 0 Å². The molecular weight excluding hydrogens is 220 g/mol. The lowest BCUT2D eigenvalue weighted by Crippen LogP contribution is -2.28. The minimum atomic E-state index is -0.402. The van der Waals surface area contributed by atoms with E-state index >= 15 is 0 Å². The number of carbonyl (C=O) groups is 1. The van der Waals surface area contributed by atoms with E-state index in [1.54, 1.807) is 30.3 Å². The Labute approximate surface area is 97.9 Å². The van der Waals surface area contributed by atoms with Gasteiger partial charge in [-0.1, -0.05) is 4.98 Å². The molecule has 17 heavy (non-hydrogen) atoms. The summed E-state index contributed by atoms with van der Waals surface area (Å²) in [6, 6.07) is 8.22. The second kappa shape index (κ2) is 4.61. The zero-order valence-corrected chi connectivity index (χ0v) is 9.16. The molecule has 0 atom stereocenters. The van der Waals surface area contributed by atoms with Crippen molar-refractivity contribution < 1.29 is 14.3 Å². The van der Waals surface area contributed by atoms with Gasteiger partial charge in [0.2, 0.25) is 0 Å². The van der Waals surface area contributed by atoms with Crippen LogP contribution >= 0.6 is 0 Å². The van der Waals surface area contributed by atoms with Crippen molar-refractivity contribution in [2.75, 3.05) is 7.11 Å². The molecule has 0 radical (unpaired) electrons. The summed E-state index contributed by atoms with van der Waals surface area (Å²) in [5.41, 5.74) is 1.65. The van der Waals surface area contributed by atoms with Crippen LogP contribution in [0.5, 0.6) is 0 Å². The molecular formula is C12H10N2O3. The van der Waals surface area contributed by atoms with Gasteiger partial charge in [-0.2, -0.15) is 0 Å². The van der Waals surface area contributed by atoms with Gasteiger partial charge in [0.25, 0.3) is 6.33 Å². The van der Waals surface area contributed by atoms with Crippen LogP contribution in [0.2, 0.25) is 0 Å². The standard InChI is InChI=1S/C12H10N2O3/c1-17-12(15)10-4-2-9(3-5-10)11-6-7-13-8-14(11)16/h2-8H,1H3. The molecule has 0 saturated carbocycles. The average molecular weight is 230 g/mol. The largest absolute Gasteiger partial charge is 0.710 e. The molecule has 0 saturated heterocycles. The highest BCUT2D eigenvalue weighted by Gasteiger charge is 2.07. The smallest absolute Gasteiger partial charge is 0.337 e. The number of benzene rings is 1. The van der Waals surface area contributed by atoms with Gasteiger partial charge in [-0.05, 0) is 24.3 Å². The van der Waals surface area contributed by atoms with E-state index in [1.807, 2.05) is 0 Å². The fraction of sp³-hybridized carbons (Fsp3) is 0.0833. The van der Waals surface area contributed by atoms with Crippen LogP contribution in [0.15, 0.2) is 42.9 Å². The number of aromatic nitrogens is 2. The molecule has 2 aromatic rings. The lowest BCUT2D eigenvalue weighted by Gasteiger charge is -2.07. The molecule has 0 amide bonds. The van der Waals surface area contributed by atoms with Crippen molar-refractivity contribution in [2.24, 2.45) is 0 Å². The van der Waals surface area contributed by atoms with Crippen LogP contribution in [0.4, 0.5) is 0 Å². The molecule has 0 fully saturated rings. The third-order valence-electron chi connectivity index (χ3n) is 2.33. The molecule has 0 unspecified atom stereocenters. The van der Waals surface area contributed by atoms with Crippen LogP contribution in [0.3, 0.4) is 0 Å². The minimum absolute atomic E-state index is 0.402. The highest BCUT2D eigenvalue weighted by molar-refractivity contribution is 5.89. The number of carbonyl (C=O) groups excluding carboxylic acids is 1. The topological polar surface area (TPSA) is 66.1 Å². The summed E-state index contributed by atoms with van der Waals surface area (Å²) in [4.78, 5) is 14.9. The van der Waals surface area contributed by atoms with Crippen molar-refractivity contribution in [3.63, 3.8) is 0 Å². The molecule has 0 aliphatic rings. The molecule has 1 aromatic carbocycles. The Bertz CT molecular complexity index is 538. The predicted molar refractivity (Wildman–Crippen MR) is 60.0 cm³/mol. The van der Waals surface area contributed by atoms with Gasteiger partial charge >= 0.3 is 5.97 Å². The van der Waals surface area contributed by atoms with E-state index in [9.17, 15) is 10.0 Å². The van der Waals surface area contributed by atoms with Crippen molar-refractivity contribution in [3.8, 4) is 11.3 Å². The molecule has 0 aliphatic heterocycles. The molecule has 1 aromatic heterocycles.